The fourth-order valence-corrected chi connectivity index (χ4v) is 9.24. The van der Waals surface area contributed by atoms with Gasteiger partial charge in [-0.15, -0.1) is 11.8 Å². The van der Waals surface area contributed by atoms with Crippen molar-refractivity contribution in [2.45, 2.75) is 63.4 Å². The SMILES string of the molecule is COCCN(Cc1cc(CO)n(C)n1)Cc1nn2c(c1-c1c(Cl)ccc3c1c(C)cn3CCCOc1cc(SCc3ccc(OC)cc3)cc3cc(F)ccc13)COCC2. The van der Waals surface area contributed by atoms with Crippen molar-refractivity contribution in [2.24, 2.45) is 7.05 Å². The topological polar surface area (TPSA) is 101 Å². The van der Waals surface area contributed by atoms with Crippen molar-refractivity contribution in [1.29, 1.82) is 0 Å². The summed E-state index contributed by atoms with van der Waals surface area (Å²) in [5.74, 6) is 2.05. The van der Waals surface area contributed by atoms with Gasteiger partial charge in [-0.3, -0.25) is 14.3 Å². The molecule has 0 atom stereocenters. The third kappa shape index (κ3) is 9.07. The molecule has 0 bridgehead atoms. The van der Waals surface area contributed by atoms with Crippen LogP contribution in [0.2, 0.25) is 5.02 Å². The lowest BCUT2D eigenvalue weighted by atomic mass is 9.96. The van der Waals surface area contributed by atoms with E-state index in [2.05, 4.69) is 56.6 Å². The van der Waals surface area contributed by atoms with E-state index in [1.54, 1.807) is 42.8 Å². The molecule has 0 radical (unpaired) electrons. The van der Waals surface area contributed by atoms with Crippen LogP contribution in [-0.4, -0.2) is 74.7 Å². The monoisotopic (exact) mass is 852 g/mol. The number of fused-ring (bicyclic) bond motifs is 3. The Balaban J connectivity index is 1.04. The Morgan fingerprint density at radius 1 is 0.983 bits per heavy atom. The van der Waals surface area contributed by atoms with Gasteiger partial charge in [0.05, 0.1) is 69.5 Å². The molecular weight excluding hydrogens is 803 g/mol. The summed E-state index contributed by atoms with van der Waals surface area (Å²) >= 11 is 8.89. The van der Waals surface area contributed by atoms with E-state index >= 15 is 0 Å². The van der Waals surface area contributed by atoms with Gasteiger partial charge in [-0.05, 0) is 90.5 Å². The molecule has 8 rings (SSSR count). The third-order valence-corrected chi connectivity index (χ3v) is 12.4. The number of hydrogen-bond donors (Lipinski definition) is 1. The standard InChI is InChI=1S/C46H50ClFN6O5S/c1-30-24-53(14-5-17-59-43-23-37(21-32-20-33(48)8-11-38(32)43)60-29-31-6-9-36(57-4)10-7-31)41-13-12-39(47)45(44(30)41)46-40(50-54-16-19-58-28-42(46)54)26-52(15-18-56-3)25-34-22-35(27-55)51(2)49-34/h6-13,20-24,55H,5,14-19,25-29H2,1-4H3. The van der Waals surface area contributed by atoms with Gasteiger partial charge in [-0.1, -0.05) is 23.7 Å². The second-order valence-electron chi connectivity index (χ2n) is 15.1. The normalized spacial score (nSPS) is 12.9. The Labute approximate surface area is 358 Å². The first kappa shape index (κ1) is 41.8. The second-order valence-corrected chi connectivity index (χ2v) is 16.6. The van der Waals surface area contributed by atoms with Crippen LogP contribution in [0, 0.1) is 12.7 Å². The van der Waals surface area contributed by atoms with E-state index in [0.29, 0.717) is 57.6 Å². The molecule has 1 N–H and O–H groups in total. The van der Waals surface area contributed by atoms with Crippen molar-refractivity contribution < 1.29 is 28.4 Å². The molecule has 0 amide bonds. The number of nitrogens with zero attached hydrogens (tertiary/aromatic N) is 6. The average molecular weight is 853 g/mol. The Bertz CT molecular complexity index is 2610. The zero-order valence-electron chi connectivity index (χ0n) is 34.4. The number of aryl methyl sites for hydroxylation is 3. The number of thioether (sulfide) groups is 1. The summed E-state index contributed by atoms with van der Waals surface area (Å²) in [6.07, 6.45) is 2.94. The quantitative estimate of drug-likeness (QED) is 0.0670. The molecule has 0 unspecified atom stereocenters. The highest BCUT2D eigenvalue weighted by Crippen LogP contribution is 2.42. The predicted molar refractivity (Wildman–Crippen MR) is 234 cm³/mol. The maximum atomic E-state index is 14.4. The Morgan fingerprint density at radius 2 is 1.83 bits per heavy atom. The summed E-state index contributed by atoms with van der Waals surface area (Å²) in [7, 11) is 5.21. The number of ether oxygens (including phenoxy) is 4. The smallest absolute Gasteiger partial charge is 0.128 e. The Morgan fingerprint density at radius 3 is 2.62 bits per heavy atom. The number of aromatic nitrogens is 5. The van der Waals surface area contributed by atoms with Crippen LogP contribution < -0.4 is 9.47 Å². The molecule has 3 aromatic heterocycles. The molecule has 314 valence electrons. The summed E-state index contributed by atoms with van der Waals surface area (Å²) in [4.78, 5) is 3.28. The lowest BCUT2D eigenvalue weighted by Gasteiger charge is -2.21. The van der Waals surface area contributed by atoms with E-state index in [1.807, 2.05) is 37.4 Å². The van der Waals surface area contributed by atoms with Gasteiger partial charge in [0.2, 0.25) is 0 Å². The maximum absolute atomic E-state index is 14.4. The van der Waals surface area contributed by atoms with Crippen molar-refractivity contribution in [3.63, 3.8) is 0 Å². The molecule has 0 fully saturated rings. The van der Waals surface area contributed by atoms with Gasteiger partial charge in [0.25, 0.3) is 0 Å². The fourth-order valence-electron chi connectivity index (χ4n) is 8.06. The summed E-state index contributed by atoms with van der Waals surface area (Å²) in [6.45, 7) is 7.23. The number of aliphatic hydroxyl groups excluding tert-OH is 1. The number of hydrogen-bond acceptors (Lipinski definition) is 9. The molecule has 0 saturated carbocycles. The lowest BCUT2D eigenvalue weighted by Crippen LogP contribution is -2.27. The van der Waals surface area contributed by atoms with E-state index in [9.17, 15) is 9.50 Å². The zero-order valence-corrected chi connectivity index (χ0v) is 36.0. The Hall–Kier alpha value is -4.89. The van der Waals surface area contributed by atoms with Crippen LogP contribution in [0.25, 0.3) is 32.8 Å². The first-order valence-corrected chi connectivity index (χ1v) is 21.5. The highest BCUT2D eigenvalue weighted by Gasteiger charge is 2.28. The van der Waals surface area contributed by atoms with Crippen LogP contribution in [0.3, 0.4) is 0 Å². The van der Waals surface area contributed by atoms with Crippen LogP contribution in [0.5, 0.6) is 11.5 Å². The van der Waals surface area contributed by atoms with Crippen LogP contribution in [0.1, 0.15) is 40.3 Å². The molecule has 0 aliphatic carbocycles. The summed E-state index contributed by atoms with van der Waals surface area (Å²) in [5, 5.41) is 23.1. The van der Waals surface area contributed by atoms with Crippen molar-refractivity contribution >= 4 is 45.0 Å². The average Bonchev–Trinajstić information content (AvgIpc) is 3.91. The van der Waals surface area contributed by atoms with Crippen molar-refractivity contribution in [3.8, 4) is 22.6 Å². The minimum Gasteiger partial charge on any atom is -0.497 e. The van der Waals surface area contributed by atoms with Gasteiger partial charge < -0.3 is 28.6 Å². The van der Waals surface area contributed by atoms with E-state index in [4.69, 9.17) is 35.6 Å². The lowest BCUT2D eigenvalue weighted by molar-refractivity contribution is 0.0802. The summed E-state index contributed by atoms with van der Waals surface area (Å²) in [6, 6.07) is 23.0. The summed E-state index contributed by atoms with van der Waals surface area (Å²) in [5.41, 5.74) is 8.86. The van der Waals surface area contributed by atoms with E-state index in [1.165, 1.54) is 11.6 Å². The number of rotatable bonds is 18. The van der Waals surface area contributed by atoms with Crippen molar-refractivity contribution in [1.82, 2.24) is 29.0 Å². The minimum absolute atomic E-state index is 0.0761. The Kier molecular flexibility index (Phi) is 13.1. The molecule has 1 aliphatic heterocycles. The highest BCUT2D eigenvalue weighted by atomic mass is 35.5. The maximum Gasteiger partial charge on any atom is 0.128 e. The predicted octanol–water partition coefficient (Wildman–Crippen LogP) is 8.93. The molecule has 11 nitrogen and oxygen atoms in total. The van der Waals surface area contributed by atoms with Gasteiger partial charge >= 0.3 is 0 Å². The fraction of sp³-hybridized carbons (Fsp3) is 0.348. The summed E-state index contributed by atoms with van der Waals surface area (Å²) < 4.78 is 43.8. The van der Waals surface area contributed by atoms with Crippen LogP contribution >= 0.6 is 23.4 Å². The second kappa shape index (κ2) is 18.8. The number of halogens is 2. The molecule has 0 saturated heterocycles. The van der Waals surface area contributed by atoms with Gasteiger partial charge in [-0.25, -0.2) is 4.39 Å². The van der Waals surface area contributed by atoms with Crippen LogP contribution in [0.15, 0.2) is 83.9 Å². The van der Waals surface area contributed by atoms with E-state index < -0.39 is 0 Å². The molecule has 60 heavy (non-hydrogen) atoms. The first-order valence-electron chi connectivity index (χ1n) is 20.1. The molecule has 1 aliphatic rings. The van der Waals surface area contributed by atoms with E-state index in [0.717, 1.165) is 96.3 Å². The van der Waals surface area contributed by atoms with E-state index in [-0.39, 0.29) is 12.4 Å². The van der Waals surface area contributed by atoms with Crippen molar-refractivity contribution in [2.75, 3.05) is 40.6 Å². The first-order chi connectivity index (χ1) is 29.2. The largest absolute Gasteiger partial charge is 0.497 e. The zero-order chi connectivity index (χ0) is 41.8. The third-order valence-electron chi connectivity index (χ3n) is 11.0. The minimum atomic E-state index is -0.276. The number of benzene rings is 4. The van der Waals surface area contributed by atoms with Gasteiger partial charge in [-0.2, -0.15) is 10.2 Å². The highest BCUT2D eigenvalue weighted by molar-refractivity contribution is 7.98. The molecule has 0 spiro atoms. The molecule has 14 heteroatoms. The molecular formula is C46H50ClFN6O5S. The molecule has 4 aromatic carbocycles. The van der Waals surface area contributed by atoms with Crippen LogP contribution in [0.4, 0.5) is 4.39 Å². The number of aliphatic hydroxyl groups is 1. The molecule has 7 aromatic rings. The van der Waals surface area contributed by atoms with Crippen LogP contribution in [-0.2, 0) is 61.7 Å². The van der Waals surface area contributed by atoms with Gasteiger partial charge in [0, 0.05) is 89.6 Å². The van der Waals surface area contributed by atoms with Gasteiger partial charge in [0.1, 0.15) is 17.3 Å². The number of methoxy groups -OCH3 is 2. The van der Waals surface area contributed by atoms with Gasteiger partial charge in [0.15, 0.2) is 0 Å². The van der Waals surface area contributed by atoms with Crippen molar-refractivity contribution in [3.05, 3.63) is 124 Å². The molecule has 4 heterocycles.